The van der Waals surface area contributed by atoms with Crippen LogP contribution in [0, 0.1) is 5.92 Å². The van der Waals surface area contributed by atoms with Gasteiger partial charge in [0, 0.05) is 31.2 Å². The summed E-state index contributed by atoms with van der Waals surface area (Å²) in [6, 6.07) is 9.41. The lowest BCUT2D eigenvalue weighted by Gasteiger charge is -2.21. The highest BCUT2D eigenvalue weighted by atomic mass is 35.5. The zero-order chi connectivity index (χ0) is 17.0. The Bertz CT molecular complexity index is 760. The van der Waals surface area contributed by atoms with Crippen molar-refractivity contribution >= 4 is 33.3 Å². The minimum atomic E-state index is -3.39. The summed E-state index contributed by atoms with van der Waals surface area (Å²) >= 11 is 0. The minimum absolute atomic E-state index is 0. The van der Waals surface area contributed by atoms with Gasteiger partial charge in [0.1, 0.15) is 0 Å². The van der Waals surface area contributed by atoms with Crippen LogP contribution in [0.25, 0.3) is 10.9 Å². The molecule has 2 rings (SSSR count). The molecule has 0 radical (unpaired) electrons. The van der Waals surface area contributed by atoms with Gasteiger partial charge in [0.15, 0.2) is 0 Å². The first kappa shape index (κ1) is 20.8. The highest BCUT2D eigenvalue weighted by molar-refractivity contribution is 7.88. The molecule has 0 saturated carbocycles. The Morgan fingerprint density at radius 2 is 1.88 bits per heavy atom. The van der Waals surface area contributed by atoms with E-state index in [-0.39, 0.29) is 24.2 Å². The molecule has 1 atom stereocenters. The smallest absolute Gasteiger partial charge is 0.218 e. The lowest BCUT2D eigenvalue weighted by molar-refractivity contribution is 0.397. The van der Waals surface area contributed by atoms with Crippen molar-refractivity contribution in [1.29, 1.82) is 0 Å². The van der Waals surface area contributed by atoms with Crippen LogP contribution in [0.2, 0.25) is 0 Å². The first-order valence-corrected chi connectivity index (χ1v) is 9.44. The van der Waals surface area contributed by atoms with Crippen LogP contribution in [0.1, 0.15) is 25.8 Å². The molecule has 5 nitrogen and oxygen atoms in total. The minimum Gasteiger partial charge on any atom is -0.327 e. The fourth-order valence-corrected chi connectivity index (χ4v) is 3.62. The largest absolute Gasteiger partial charge is 0.327 e. The van der Waals surface area contributed by atoms with Gasteiger partial charge in [0.2, 0.25) is 10.0 Å². The van der Waals surface area contributed by atoms with E-state index in [0.29, 0.717) is 18.9 Å². The van der Waals surface area contributed by atoms with Crippen molar-refractivity contribution in [2.24, 2.45) is 11.7 Å². The number of nitrogens with two attached hydrogens (primary N) is 1. The standard InChI is InChI=1S/C17H25N3O2S.ClH/c1-13(2)16(18)9-11-20(3)23(21,22)12-15-7-4-6-14-8-5-10-19-17(14)15;/h4-8,10,13,16H,9,11-12,18H2,1-3H3;1H. The van der Waals surface area contributed by atoms with E-state index in [9.17, 15) is 8.42 Å². The lowest BCUT2D eigenvalue weighted by Crippen LogP contribution is -2.35. The van der Waals surface area contributed by atoms with Gasteiger partial charge in [-0.25, -0.2) is 12.7 Å². The average molecular weight is 372 g/mol. The number of pyridine rings is 1. The third-order valence-corrected chi connectivity index (χ3v) is 5.97. The summed E-state index contributed by atoms with van der Waals surface area (Å²) in [5.41, 5.74) is 7.47. The zero-order valence-corrected chi connectivity index (χ0v) is 16.0. The Morgan fingerprint density at radius 1 is 1.21 bits per heavy atom. The number of rotatable bonds is 7. The van der Waals surface area contributed by atoms with E-state index in [2.05, 4.69) is 4.98 Å². The van der Waals surface area contributed by atoms with Crippen molar-refractivity contribution in [2.75, 3.05) is 13.6 Å². The predicted octanol–water partition coefficient (Wildman–Crippen LogP) is 2.79. The lowest BCUT2D eigenvalue weighted by atomic mass is 10.0. The fourth-order valence-electron chi connectivity index (χ4n) is 2.39. The van der Waals surface area contributed by atoms with Gasteiger partial charge < -0.3 is 5.73 Å². The van der Waals surface area contributed by atoms with Gasteiger partial charge in [-0.15, -0.1) is 12.4 Å². The molecule has 24 heavy (non-hydrogen) atoms. The quantitative estimate of drug-likeness (QED) is 0.811. The highest BCUT2D eigenvalue weighted by Gasteiger charge is 2.21. The van der Waals surface area contributed by atoms with Crippen LogP contribution in [0.15, 0.2) is 36.5 Å². The first-order chi connectivity index (χ1) is 10.8. The molecule has 7 heteroatoms. The van der Waals surface area contributed by atoms with E-state index >= 15 is 0 Å². The van der Waals surface area contributed by atoms with Crippen molar-refractivity contribution in [3.05, 3.63) is 42.1 Å². The van der Waals surface area contributed by atoms with Crippen molar-refractivity contribution < 1.29 is 8.42 Å². The number of benzene rings is 1. The third kappa shape index (κ3) is 5.14. The second kappa shape index (κ2) is 8.76. The summed E-state index contributed by atoms with van der Waals surface area (Å²) < 4.78 is 26.6. The second-order valence-electron chi connectivity index (χ2n) is 6.27. The van der Waals surface area contributed by atoms with E-state index in [1.165, 1.54) is 4.31 Å². The van der Waals surface area contributed by atoms with Crippen molar-refractivity contribution in [3.63, 3.8) is 0 Å². The maximum atomic E-state index is 12.6. The summed E-state index contributed by atoms with van der Waals surface area (Å²) in [5, 5.41) is 0.949. The Hall–Kier alpha value is -1.21. The molecule has 1 heterocycles. The van der Waals surface area contributed by atoms with E-state index < -0.39 is 10.0 Å². The zero-order valence-electron chi connectivity index (χ0n) is 14.3. The van der Waals surface area contributed by atoms with Crippen LogP contribution in [-0.4, -0.2) is 37.3 Å². The molecule has 0 amide bonds. The Kier molecular flexibility index (Phi) is 7.60. The average Bonchev–Trinajstić information content (AvgIpc) is 2.52. The molecular weight excluding hydrogens is 346 g/mol. The van der Waals surface area contributed by atoms with Gasteiger partial charge in [-0.3, -0.25) is 4.98 Å². The molecule has 0 aliphatic heterocycles. The molecular formula is C17H26ClN3O2S. The SMILES string of the molecule is CC(C)C(N)CCN(C)S(=O)(=O)Cc1cccc2cccnc12.Cl. The molecule has 2 aromatic rings. The first-order valence-electron chi connectivity index (χ1n) is 7.83. The Morgan fingerprint density at radius 3 is 2.54 bits per heavy atom. The van der Waals surface area contributed by atoms with Gasteiger partial charge in [-0.2, -0.15) is 0 Å². The monoisotopic (exact) mass is 371 g/mol. The summed E-state index contributed by atoms with van der Waals surface area (Å²) in [6.45, 7) is 4.52. The van der Waals surface area contributed by atoms with Crippen LogP contribution in [0.5, 0.6) is 0 Å². The highest BCUT2D eigenvalue weighted by Crippen LogP contribution is 2.19. The summed E-state index contributed by atoms with van der Waals surface area (Å²) in [7, 11) is -1.78. The van der Waals surface area contributed by atoms with Gasteiger partial charge in [0.05, 0.1) is 11.3 Å². The molecule has 1 unspecified atom stereocenters. The molecule has 0 fully saturated rings. The van der Waals surface area contributed by atoms with E-state index in [4.69, 9.17) is 5.73 Å². The van der Waals surface area contributed by atoms with E-state index in [0.717, 1.165) is 16.5 Å². The Balaban J connectivity index is 0.00000288. The molecule has 0 saturated heterocycles. The molecule has 0 bridgehead atoms. The number of sulfonamides is 1. The topological polar surface area (TPSA) is 76.3 Å². The summed E-state index contributed by atoms with van der Waals surface area (Å²) in [6.07, 6.45) is 2.34. The Labute approximate surface area is 150 Å². The van der Waals surface area contributed by atoms with Crippen molar-refractivity contribution in [2.45, 2.75) is 32.1 Å². The maximum Gasteiger partial charge on any atom is 0.218 e. The molecule has 134 valence electrons. The van der Waals surface area contributed by atoms with E-state index in [1.54, 1.807) is 13.2 Å². The van der Waals surface area contributed by atoms with Gasteiger partial charge >= 0.3 is 0 Å². The van der Waals surface area contributed by atoms with Gasteiger partial charge in [0.25, 0.3) is 0 Å². The van der Waals surface area contributed by atoms with Gasteiger partial charge in [-0.1, -0.05) is 38.1 Å². The number of nitrogens with zero attached hydrogens (tertiary/aromatic N) is 2. The summed E-state index contributed by atoms with van der Waals surface area (Å²) in [5.74, 6) is 0.294. The fraction of sp³-hybridized carbons (Fsp3) is 0.471. The van der Waals surface area contributed by atoms with Crippen molar-refractivity contribution in [1.82, 2.24) is 9.29 Å². The third-order valence-electron chi connectivity index (χ3n) is 4.16. The maximum absolute atomic E-state index is 12.6. The predicted molar refractivity (Wildman–Crippen MR) is 102 cm³/mol. The van der Waals surface area contributed by atoms with Crippen LogP contribution in [0.4, 0.5) is 0 Å². The second-order valence-corrected chi connectivity index (χ2v) is 8.34. The number of hydrogen-bond donors (Lipinski definition) is 1. The van der Waals surface area contributed by atoms with Crippen LogP contribution >= 0.6 is 12.4 Å². The number of halogens is 1. The van der Waals surface area contributed by atoms with Crippen molar-refractivity contribution in [3.8, 4) is 0 Å². The number of fused-ring (bicyclic) bond motifs is 1. The number of aromatic nitrogens is 1. The van der Waals surface area contributed by atoms with Gasteiger partial charge in [-0.05, 0) is 24.0 Å². The molecule has 0 spiro atoms. The summed E-state index contributed by atoms with van der Waals surface area (Å²) in [4.78, 5) is 4.32. The number of para-hydroxylation sites is 1. The molecule has 1 aromatic heterocycles. The molecule has 2 N–H and O–H groups in total. The van der Waals surface area contributed by atoms with E-state index in [1.807, 2.05) is 44.2 Å². The number of hydrogen-bond acceptors (Lipinski definition) is 4. The van der Waals surface area contributed by atoms with Crippen LogP contribution in [0.3, 0.4) is 0 Å². The molecule has 0 aliphatic rings. The normalized spacial score (nSPS) is 13.2. The molecule has 1 aromatic carbocycles. The van der Waals surface area contributed by atoms with Crippen LogP contribution in [-0.2, 0) is 15.8 Å². The van der Waals surface area contributed by atoms with Crippen LogP contribution < -0.4 is 5.73 Å². The molecule has 0 aliphatic carbocycles.